The SMILES string of the molecule is CCN(C(=O)CNCC1CC1)c1cccc2ccccc12. The lowest BCUT2D eigenvalue weighted by molar-refractivity contribution is -0.117. The summed E-state index contributed by atoms with van der Waals surface area (Å²) >= 11 is 0. The summed E-state index contributed by atoms with van der Waals surface area (Å²) in [4.78, 5) is 14.4. The molecule has 1 aliphatic carbocycles. The van der Waals surface area contributed by atoms with Gasteiger partial charge in [-0.25, -0.2) is 0 Å². The number of fused-ring (bicyclic) bond motifs is 1. The molecule has 3 rings (SSSR count). The Balaban J connectivity index is 1.78. The highest BCUT2D eigenvalue weighted by Gasteiger charge is 2.21. The maximum atomic E-state index is 12.5. The molecule has 1 N–H and O–H groups in total. The van der Waals surface area contributed by atoms with Crippen molar-refractivity contribution in [2.45, 2.75) is 19.8 Å². The summed E-state index contributed by atoms with van der Waals surface area (Å²) in [6.07, 6.45) is 2.62. The second kappa shape index (κ2) is 6.27. The minimum absolute atomic E-state index is 0.148. The summed E-state index contributed by atoms with van der Waals surface area (Å²) in [6.45, 7) is 4.12. The molecule has 0 radical (unpaired) electrons. The van der Waals surface area contributed by atoms with Gasteiger partial charge in [-0.15, -0.1) is 0 Å². The van der Waals surface area contributed by atoms with Crippen LogP contribution in [0.5, 0.6) is 0 Å². The second-order valence-corrected chi connectivity index (χ2v) is 5.71. The molecule has 110 valence electrons. The van der Waals surface area contributed by atoms with Gasteiger partial charge in [0.15, 0.2) is 0 Å². The van der Waals surface area contributed by atoms with E-state index in [1.165, 1.54) is 18.2 Å². The van der Waals surface area contributed by atoms with Crippen molar-refractivity contribution in [3.05, 3.63) is 42.5 Å². The first-order valence-electron chi connectivity index (χ1n) is 7.78. The van der Waals surface area contributed by atoms with Crippen LogP contribution in [0.1, 0.15) is 19.8 Å². The zero-order valence-electron chi connectivity index (χ0n) is 12.5. The highest BCUT2D eigenvalue weighted by Crippen LogP contribution is 2.28. The monoisotopic (exact) mass is 282 g/mol. The first kappa shape index (κ1) is 14.1. The molecular weight excluding hydrogens is 260 g/mol. The zero-order valence-corrected chi connectivity index (χ0v) is 12.5. The lowest BCUT2D eigenvalue weighted by Gasteiger charge is -2.23. The van der Waals surface area contributed by atoms with Crippen LogP contribution in [0, 0.1) is 5.92 Å². The molecule has 0 aromatic heterocycles. The highest BCUT2D eigenvalue weighted by molar-refractivity contribution is 6.04. The van der Waals surface area contributed by atoms with Crippen molar-refractivity contribution in [3.63, 3.8) is 0 Å². The Hall–Kier alpha value is -1.87. The lowest BCUT2D eigenvalue weighted by Crippen LogP contribution is -2.38. The number of benzene rings is 2. The van der Waals surface area contributed by atoms with E-state index in [0.717, 1.165) is 23.5 Å². The van der Waals surface area contributed by atoms with Crippen molar-refractivity contribution in [1.82, 2.24) is 5.32 Å². The molecular formula is C18H22N2O. The zero-order chi connectivity index (χ0) is 14.7. The van der Waals surface area contributed by atoms with E-state index in [-0.39, 0.29) is 5.91 Å². The number of carbonyl (C=O) groups is 1. The molecule has 0 atom stereocenters. The fourth-order valence-electron chi connectivity index (χ4n) is 2.73. The summed E-state index contributed by atoms with van der Waals surface area (Å²) in [7, 11) is 0. The van der Waals surface area contributed by atoms with Crippen LogP contribution < -0.4 is 10.2 Å². The van der Waals surface area contributed by atoms with Crippen LogP contribution in [0.2, 0.25) is 0 Å². The summed E-state index contributed by atoms with van der Waals surface area (Å²) in [6, 6.07) is 14.4. The molecule has 2 aromatic rings. The Morgan fingerprint density at radius 2 is 1.95 bits per heavy atom. The Morgan fingerprint density at radius 1 is 1.19 bits per heavy atom. The molecule has 0 unspecified atom stereocenters. The average molecular weight is 282 g/mol. The van der Waals surface area contributed by atoms with Gasteiger partial charge < -0.3 is 10.2 Å². The first-order chi connectivity index (χ1) is 10.3. The van der Waals surface area contributed by atoms with Gasteiger partial charge >= 0.3 is 0 Å². The quantitative estimate of drug-likeness (QED) is 0.882. The van der Waals surface area contributed by atoms with E-state index in [1.807, 2.05) is 36.1 Å². The van der Waals surface area contributed by atoms with Crippen LogP contribution in [0.3, 0.4) is 0 Å². The van der Waals surface area contributed by atoms with E-state index in [2.05, 4.69) is 23.5 Å². The summed E-state index contributed by atoms with van der Waals surface area (Å²) < 4.78 is 0. The minimum atomic E-state index is 0.148. The molecule has 1 saturated carbocycles. The third-order valence-electron chi connectivity index (χ3n) is 4.08. The van der Waals surface area contributed by atoms with Crippen molar-refractivity contribution >= 4 is 22.4 Å². The molecule has 1 fully saturated rings. The van der Waals surface area contributed by atoms with Crippen LogP contribution in [0.15, 0.2) is 42.5 Å². The number of nitrogens with zero attached hydrogens (tertiary/aromatic N) is 1. The molecule has 0 heterocycles. The molecule has 0 spiro atoms. The predicted octanol–water partition coefficient (Wildman–Crippen LogP) is 3.19. The van der Waals surface area contributed by atoms with Gasteiger partial charge in [-0.2, -0.15) is 0 Å². The summed E-state index contributed by atoms with van der Waals surface area (Å²) in [5, 5.41) is 5.60. The van der Waals surface area contributed by atoms with E-state index < -0.39 is 0 Å². The molecule has 21 heavy (non-hydrogen) atoms. The van der Waals surface area contributed by atoms with Gasteiger partial charge in [0, 0.05) is 11.9 Å². The molecule has 0 saturated heterocycles. The van der Waals surface area contributed by atoms with Gasteiger partial charge in [0.25, 0.3) is 0 Å². The molecule has 0 aliphatic heterocycles. The normalized spacial score (nSPS) is 14.3. The number of amides is 1. The average Bonchev–Trinajstić information content (AvgIpc) is 3.32. The molecule has 2 aromatic carbocycles. The highest BCUT2D eigenvalue weighted by atomic mass is 16.2. The van der Waals surface area contributed by atoms with Gasteiger partial charge in [0.1, 0.15) is 0 Å². The van der Waals surface area contributed by atoms with Gasteiger partial charge in [0.2, 0.25) is 5.91 Å². The predicted molar refractivity (Wildman–Crippen MR) is 87.6 cm³/mol. The van der Waals surface area contributed by atoms with E-state index in [1.54, 1.807) is 0 Å². The van der Waals surface area contributed by atoms with Crippen LogP contribution in [0.25, 0.3) is 10.8 Å². The standard InChI is InChI=1S/C18H22N2O/c1-2-20(18(21)13-19-12-14-10-11-14)17-9-5-7-15-6-3-4-8-16(15)17/h3-9,14,19H,2,10-13H2,1H3. The van der Waals surface area contributed by atoms with Crippen molar-refractivity contribution in [2.24, 2.45) is 5.92 Å². The van der Waals surface area contributed by atoms with Crippen LogP contribution >= 0.6 is 0 Å². The van der Waals surface area contributed by atoms with Crippen molar-refractivity contribution in [3.8, 4) is 0 Å². The number of rotatable bonds is 6. The molecule has 3 heteroatoms. The molecule has 1 amide bonds. The number of anilines is 1. The first-order valence-corrected chi connectivity index (χ1v) is 7.78. The molecule has 0 bridgehead atoms. The number of carbonyl (C=O) groups excluding carboxylic acids is 1. The van der Waals surface area contributed by atoms with E-state index in [4.69, 9.17) is 0 Å². The maximum Gasteiger partial charge on any atom is 0.240 e. The fourth-order valence-corrected chi connectivity index (χ4v) is 2.73. The molecule has 3 nitrogen and oxygen atoms in total. The Bertz CT molecular complexity index is 629. The smallest absolute Gasteiger partial charge is 0.240 e. The summed E-state index contributed by atoms with van der Waals surface area (Å²) in [5.41, 5.74) is 1.01. The number of hydrogen-bond acceptors (Lipinski definition) is 2. The topological polar surface area (TPSA) is 32.3 Å². The second-order valence-electron chi connectivity index (χ2n) is 5.71. The van der Waals surface area contributed by atoms with Gasteiger partial charge in [0.05, 0.1) is 12.2 Å². The summed E-state index contributed by atoms with van der Waals surface area (Å²) in [5.74, 6) is 0.944. The van der Waals surface area contributed by atoms with E-state index in [9.17, 15) is 4.79 Å². The van der Waals surface area contributed by atoms with Gasteiger partial charge in [-0.05, 0) is 43.7 Å². The maximum absolute atomic E-state index is 12.5. The van der Waals surface area contributed by atoms with Crippen LogP contribution in [-0.4, -0.2) is 25.5 Å². The lowest BCUT2D eigenvalue weighted by atomic mass is 10.1. The Morgan fingerprint density at radius 3 is 2.71 bits per heavy atom. The minimum Gasteiger partial charge on any atom is -0.311 e. The largest absolute Gasteiger partial charge is 0.311 e. The number of hydrogen-bond donors (Lipinski definition) is 1. The van der Waals surface area contributed by atoms with Crippen LogP contribution in [0.4, 0.5) is 5.69 Å². The number of likely N-dealkylation sites (N-methyl/N-ethyl adjacent to an activating group) is 1. The van der Waals surface area contributed by atoms with E-state index >= 15 is 0 Å². The third-order valence-corrected chi connectivity index (χ3v) is 4.08. The number of nitrogens with one attached hydrogen (secondary N) is 1. The third kappa shape index (κ3) is 3.24. The van der Waals surface area contributed by atoms with Gasteiger partial charge in [-0.1, -0.05) is 36.4 Å². The van der Waals surface area contributed by atoms with E-state index in [0.29, 0.717) is 13.1 Å². The van der Waals surface area contributed by atoms with Gasteiger partial charge in [-0.3, -0.25) is 4.79 Å². The Labute approximate surface area is 125 Å². The Kier molecular flexibility index (Phi) is 4.20. The van der Waals surface area contributed by atoms with Crippen LogP contribution in [-0.2, 0) is 4.79 Å². The van der Waals surface area contributed by atoms with Crippen molar-refractivity contribution in [2.75, 3.05) is 24.5 Å². The van der Waals surface area contributed by atoms with Crippen molar-refractivity contribution in [1.29, 1.82) is 0 Å². The molecule has 1 aliphatic rings. The fraction of sp³-hybridized carbons (Fsp3) is 0.389. The van der Waals surface area contributed by atoms with Crippen molar-refractivity contribution < 1.29 is 4.79 Å².